The van der Waals surface area contributed by atoms with Gasteiger partial charge in [0.1, 0.15) is 0 Å². The number of imide groups is 1. The van der Waals surface area contributed by atoms with Crippen molar-refractivity contribution in [2.75, 3.05) is 10.6 Å². The van der Waals surface area contributed by atoms with Crippen LogP contribution in [0.2, 0.25) is 5.02 Å². The summed E-state index contributed by atoms with van der Waals surface area (Å²) in [4.78, 5) is 51.5. The van der Waals surface area contributed by atoms with Gasteiger partial charge in [-0.1, -0.05) is 17.7 Å². The van der Waals surface area contributed by atoms with E-state index in [1.54, 1.807) is 12.1 Å². The number of urea groups is 1. The highest BCUT2D eigenvalue weighted by atomic mass is 35.5. The highest BCUT2D eigenvalue weighted by Crippen LogP contribution is 2.37. The summed E-state index contributed by atoms with van der Waals surface area (Å²) in [7, 11) is 0. The summed E-state index contributed by atoms with van der Waals surface area (Å²) in [6.07, 6.45) is -2.80. The van der Waals surface area contributed by atoms with Gasteiger partial charge in [0, 0.05) is 34.6 Å². The molecule has 208 valence electrons. The van der Waals surface area contributed by atoms with Crippen LogP contribution in [0.25, 0.3) is 11.6 Å². The summed E-state index contributed by atoms with van der Waals surface area (Å²) in [5, 5.41) is 15.5. The molecule has 0 saturated heterocycles. The predicted molar refractivity (Wildman–Crippen MR) is 142 cm³/mol. The molecule has 2 heterocycles. The van der Waals surface area contributed by atoms with Crippen molar-refractivity contribution in [3.8, 4) is 0 Å². The molecule has 0 bridgehead atoms. The first kappa shape index (κ1) is 28.4. The number of hydrogen-bond donors (Lipinski definition) is 5. The van der Waals surface area contributed by atoms with Gasteiger partial charge in [-0.05, 0) is 67.8 Å². The maximum absolute atomic E-state index is 13.1. The Morgan fingerprint density at radius 1 is 1.10 bits per heavy atom. The van der Waals surface area contributed by atoms with Crippen LogP contribution in [0.3, 0.4) is 0 Å². The third-order valence-corrected chi connectivity index (χ3v) is 6.66. The molecule has 4 amide bonds. The number of rotatable bonds is 6. The molecule has 0 fully saturated rings. The topological polar surface area (TPSA) is 140 Å². The maximum atomic E-state index is 13.1. The van der Waals surface area contributed by atoms with Gasteiger partial charge in [-0.3, -0.25) is 19.7 Å². The number of fused-ring (bicyclic) bond motifs is 1. The molecule has 1 aliphatic heterocycles. The predicted octanol–water partition coefficient (Wildman–Crippen LogP) is 5.78. The summed E-state index contributed by atoms with van der Waals surface area (Å²) in [6, 6.07) is 6.06. The van der Waals surface area contributed by atoms with E-state index in [4.69, 9.17) is 16.7 Å². The maximum Gasteiger partial charge on any atom is 0.417 e. The Morgan fingerprint density at radius 2 is 1.82 bits per heavy atom. The van der Waals surface area contributed by atoms with E-state index in [0.717, 1.165) is 29.0 Å². The van der Waals surface area contributed by atoms with Gasteiger partial charge in [-0.25, -0.2) is 4.79 Å². The Labute approximate surface area is 230 Å². The number of carbonyl (C=O) groups is 4. The van der Waals surface area contributed by atoms with Crippen molar-refractivity contribution >= 4 is 58.4 Å². The number of hydrogen-bond acceptors (Lipinski definition) is 4. The third-order valence-electron chi connectivity index (χ3n) is 6.33. The van der Waals surface area contributed by atoms with Crippen LogP contribution in [0.4, 0.5) is 29.3 Å². The molecule has 1 aromatic heterocycles. The molecule has 0 saturated carbocycles. The van der Waals surface area contributed by atoms with Crippen LogP contribution in [0.1, 0.15) is 50.4 Å². The van der Waals surface area contributed by atoms with Gasteiger partial charge in [0.15, 0.2) is 0 Å². The molecule has 0 unspecified atom stereocenters. The Bertz CT molecular complexity index is 1590. The van der Waals surface area contributed by atoms with Crippen molar-refractivity contribution < 1.29 is 37.5 Å². The van der Waals surface area contributed by atoms with Gasteiger partial charge < -0.3 is 20.7 Å². The number of benzene rings is 2. The van der Waals surface area contributed by atoms with E-state index in [1.165, 1.54) is 12.1 Å². The zero-order valence-electron chi connectivity index (χ0n) is 21.0. The lowest BCUT2D eigenvalue weighted by molar-refractivity contribution is -0.138. The van der Waals surface area contributed by atoms with Crippen LogP contribution in [0.5, 0.6) is 0 Å². The molecule has 0 spiro atoms. The van der Waals surface area contributed by atoms with Crippen LogP contribution in [-0.2, 0) is 22.2 Å². The molecule has 40 heavy (non-hydrogen) atoms. The van der Waals surface area contributed by atoms with Crippen LogP contribution in [0, 0.1) is 13.8 Å². The van der Waals surface area contributed by atoms with E-state index in [1.807, 2.05) is 19.2 Å². The molecule has 1 aliphatic rings. The molecule has 0 radical (unpaired) electrons. The standard InChI is InChI=1S/C27H22ClF3N4O5/c1-12-16(6-8-23(36)37)13(2)32-21(12)11-18-17-5-4-15(10-22(17)34-25(18)39)33-26(40)35-24(38)14-3-7-20(28)19(9-14)27(29,30)31/h3-5,7,9-11,32H,6,8H2,1-2H3,(H,34,39)(H,36,37)(H2,33,35,38,40). The molecule has 0 atom stereocenters. The zero-order chi connectivity index (χ0) is 29.4. The summed E-state index contributed by atoms with van der Waals surface area (Å²) in [5.74, 6) is -2.38. The molecular formula is C27H22ClF3N4O5. The SMILES string of the molecule is Cc1[nH]c(C=C2C(=O)Nc3cc(NC(=O)NC(=O)c4ccc(Cl)c(C(F)(F)F)c4)ccc32)c(C)c1CCC(=O)O. The number of aliphatic carboxylic acids is 1. The minimum atomic E-state index is -4.78. The first-order valence-corrected chi connectivity index (χ1v) is 12.2. The minimum absolute atomic E-state index is 0.0257. The van der Waals surface area contributed by atoms with Gasteiger partial charge >= 0.3 is 18.2 Å². The van der Waals surface area contributed by atoms with Crippen molar-refractivity contribution in [1.82, 2.24) is 10.3 Å². The van der Waals surface area contributed by atoms with E-state index in [2.05, 4.69) is 15.6 Å². The van der Waals surface area contributed by atoms with Crippen molar-refractivity contribution in [3.63, 3.8) is 0 Å². The monoisotopic (exact) mass is 574 g/mol. The Balaban J connectivity index is 1.49. The highest BCUT2D eigenvalue weighted by Gasteiger charge is 2.34. The lowest BCUT2D eigenvalue weighted by atomic mass is 10.0. The normalized spacial score (nSPS) is 13.7. The van der Waals surface area contributed by atoms with Crippen LogP contribution in [-0.4, -0.2) is 33.9 Å². The quantitative estimate of drug-likeness (QED) is 0.238. The number of nitrogens with one attached hydrogen (secondary N) is 4. The number of halogens is 4. The van der Waals surface area contributed by atoms with Gasteiger partial charge in [0.2, 0.25) is 0 Å². The Kier molecular flexibility index (Phi) is 7.74. The fourth-order valence-corrected chi connectivity index (χ4v) is 4.57. The van der Waals surface area contributed by atoms with Gasteiger partial charge in [0.25, 0.3) is 11.8 Å². The molecule has 2 aromatic carbocycles. The van der Waals surface area contributed by atoms with E-state index in [9.17, 15) is 32.3 Å². The van der Waals surface area contributed by atoms with Crippen molar-refractivity contribution in [3.05, 3.63) is 80.6 Å². The zero-order valence-corrected chi connectivity index (χ0v) is 21.8. The lowest BCUT2D eigenvalue weighted by Crippen LogP contribution is -2.34. The number of alkyl halides is 3. The number of anilines is 2. The molecule has 0 aliphatic carbocycles. The molecule has 3 aromatic rings. The average molecular weight is 575 g/mol. The fraction of sp³-hybridized carbons (Fsp3) is 0.185. The summed E-state index contributed by atoms with van der Waals surface area (Å²) >= 11 is 5.56. The van der Waals surface area contributed by atoms with Gasteiger partial charge in [-0.2, -0.15) is 13.2 Å². The highest BCUT2D eigenvalue weighted by molar-refractivity contribution is 6.35. The smallest absolute Gasteiger partial charge is 0.417 e. The average Bonchev–Trinajstić information content (AvgIpc) is 3.30. The minimum Gasteiger partial charge on any atom is -0.481 e. The van der Waals surface area contributed by atoms with Crippen LogP contribution in [0.15, 0.2) is 36.4 Å². The molecule has 5 N–H and O–H groups in total. The molecule has 9 nitrogen and oxygen atoms in total. The van der Waals surface area contributed by atoms with Gasteiger partial charge in [0.05, 0.1) is 21.8 Å². The third kappa shape index (κ3) is 6.01. The Morgan fingerprint density at radius 3 is 2.50 bits per heavy atom. The second-order valence-electron chi connectivity index (χ2n) is 9.03. The van der Waals surface area contributed by atoms with E-state index < -0.39 is 46.1 Å². The lowest BCUT2D eigenvalue weighted by Gasteiger charge is -2.11. The number of aromatic nitrogens is 1. The summed E-state index contributed by atoms with van der Waals surface area (Å²) < 4.78 is 39.2. The fourth-order valence-electron chi connectivity index (χ4n) is 4.35. The molecular weight excluding hydrogens is 553 g/mol. The van der Waals surface area contributed by atoms with Crippen LogP contribution >= 0.6 is 11.6 Å². The van der Waals surface area contributed by atoms with E-state index >= 15 is 0 Å². The number of aryl methyl sites for hydroxylation is 1. The molecule has 13 heteroatoms. The number of amides is 4. The first-order chi connectivity index (χ1) is 18.7. The number of H-pyrrole nitrogens is 1. The number of carbonyl (C=O) groups excluding carboxylic acids is 3. The second-order valence-corrected chi connectivity index (χ2v) is 9.44. The molecule has 4 rings (SSSR count). The van der Waals surface area contributed by atoms with Crippen molar-refractivity contribution in [1.29, 1.82) is 0 Å². The number of aromatic amines is 1. The summed E-state index contributed by atoms with van der Waals surface area (Å²) in [5.41, 5.74) is 3.02. The van der Waals surface area contributed by atoms with E-state index in [0.29, 0.717) is 35.0 Å². The first-order valence-electron chi connectivity index (χ1n) is 11.8. The van der Waals surface area contributed by atoms with Crippen molar-refractivity contribution in [2.45, 2.75) is 32.9 Å². The second kappa shape index (κ2) is 10.9. The number of carboxylic acids is 1. The largest absolute Gasteiger partial charge is 0.481 e. The number of carboxylic acid groups (broad SMARTS) is 1. The van der Waals surface area contributed by atoms with Crippen molar-refractivity contribution in [2.24, 2.45) is 0 Å². The van der Waals surface area contributed by atoms with E-state index in [-0.39, 0.29) is 12.1 Å². The van der Waals surface area contributed by atoms with Gasteiger partial charge in [-0.15, -0.1) is 0 Å². The summed E-state index contributed by atoms with van der Waals surface area (Å²) in [6.45, 7) is 3.66. The Hall–Kier alpha value is -4.58. The van der Waals surface area contributed by atoms with Crippen LogP contribution < -0.4 is 16.0 Å².